The molecular formula is C20H15N5O2. The molecule has 132 valence electrons. The van der Waals surface area contributed by atoms with Crippen LogP contribution < -0.4 is 10.6 Å². The second-order valence-electron chi connectivity index (χ2n) is 5.67. The molecule has 3 rings (SSSR count). The number of Topliss-reactive ketones (excluding diaryl/α,β-unsaturated/α-hetero) is 1. The number of nitrogens with one attached hydrogen (secondary N) is 2. The second kappa shape index (κ2) is 7.89. The Kier molecular flexibility index (Phi) is 5.19. The third-order valence-corrected chi connectivity index (χ3v) is 3.76. The molecule has 0 radical (unpaired) electrons. The first kappa shape index (κ1) is 17.8. The molecule has 0 saturated carbocycles. The Bertz CT molecular complexity index is 1020. The smallest absolute Gasteiger partial charge is 0.276 e. The lowest BCUT2D eigenvalue weighted by Crippen LogP contribution is -2.14. The maximum atomic E-state index is 12.3. The maximum Gasteiger partial charge on any atom is 0.276 e. The lowest BCUT2D eigenvalue weighted by atomic mass is 10.1. The Hall–Kier alpha value is -4.05. The van der Waals surface area contributed by atoms with Crippen molar-refractivity contribution in [1.82, 2.24) is 10.2 Å². The number of rotatable bonds is 5. The Morgan fingerprint density at radius 2 is 1.70 bits per heavy atom. The number of para-hydroxylation sites is 1. The molecule has 0 spiro atoms. The van der Waals surface area contributed by atoms with Crippen LogP contribution in [0.25, 0.3) is 0 Å². The van der Waals surface area contributed by atoms with Gasteiger partial charge in [0.2, 0.25) is 0 Å². The van der Waals surface area contributed by atoms with Gasteiger partial charge in [0, 0.05) is 11.3 Å². The fourth-order valence-corrected chi connectivity index (χ4v) is 2.33. The van der Waals surface area contributed by atoms with E-state index in [0.717, 1.165) is 0 Å². The van der Waals surface area contributed by atoms with Gasteiger partial charge in [0.05, 0.1) is 11.3 Å². The van der Waals surface area contributed by atoms with Gasteiger partial charge in [-0.2, -0.15) is 5.26 Å². The number of nitriles is 1. The van der Waals surface area contributed by atoms with E-state index < -0.39 is 5.91 Å². The molecule has 0 fully saturated rings. The molecule has 0 atom stereocenters. The third kappa shape index (κ3) is 4.32. The van der Waals surface area contributed by atoms with Crippen LogP contribution in [0.3, 0.4) is 0 Å². The van der Waals surface area contributed by atoms with Crippen LogP contribution in [0.1, 0.15) is 33.3 Å². The molecule has 7 nitrogen and oxygen atoms in total. The molecule has 0 aliphatic carbocycles. The van der Waals surface area contributed by atoms with Gasteiger partial charge in [-0.25, -0.2) is 0 Å². The van der Waals surface area contributed by atoms with Gasteiger partial charge >= 0.3 is 0 Å². The summed E-state index contributed by atoms with van der Waals surface area (Å²) in [5.74, 6) is -0.0399. The average molecular weight is 357 g/mol. The maximum absolute atomic E-state index is 12.3. The van der Waals surface area contributed by atoms with Gasteiger partial charge < -0.3 is 10.6 Å². The fourth-order valence-electron chi connectivity index (χ4n) is 2.33. The van der Waals surface area contributed by atoms with E-state index in [1.165, 1.54) is 13.0 Å². The first-order chi connectivity index (χ1) is 13.1. The zero-order valence-corrected chi connectivity index (χ0v) is 14.4. The van der Waals surface area contributed by atoms with Crippen molar-refractivity contribution < 1.29 is 9.59 Å². The molecule has 0 aliphatic rings. The second-order valence-corrected chi connectivity index (χ2v) is 5.67. The highest BCUT2D eigenvalue weighted by Gasteiger charge is 2.10. The lowest BCUT2D eigenvalue weighted by Gasteiger charge is -2.08. The Morgan fingerprint density at radius 1 is 0.963 bits per heavy atom. The molecule has 0 aliphatic heterocycles. The number of benzene rings is 2. The predicted molar refractivity (Wildman–Crippen MR) is 101 cm³/mol. The average Bonchev–Trinajstić information content (AvgIpc) is 2.69. The zero-order chi connectivity index (χ0) is 19.2. The minimum atomic E-state index is -0.415. The highest BCUT2D eigenvalue weighted by molar-refractivity contribution is 6.03. The number of hydrogen-bond acceptors (Lipinski definition) is 6. The van der Waals surface area contributed by atoms with E-state index in [1.54, 1.807) is 54.6 Å². The van der Waals surface area contributed by atoms with Crippen LogP contribution in [-0.2, 0) is 0 Å². The van der Waals surface area contributed by atoms with E-state index in [2.05, 4.69) is 26.9 Å². The number of aromatic nitrogens is 2. The summed E-state index contributed by atoms with van der Waals surface area (Å²) in [7, 11) is 0. The number of carbonyl (C=O) groups excluding carboxylic acids is 2. The molecule has 2 aromatic carbocycles. The normalized spacial score (nSPS) is 9.93. The van der Waals surface area contributed by atoms with Gasteiger partial charge in [-0.1, -0.05) is 12.1 Å². The monoisotopic (exact) mass is 357 g/mol. The molecule has 2 N–H and O–H groups in total. The standard InChI is InChI=1S/C20H15N5O2/c1-13(26)14-6-8-16(9-7-14)22-20(27)18-10-11-19(25-24-18)23-17-5-3-2-4-15(17)12-21/h2-11H,1H3,(H,22,27)(H,23,25). The van der Waals surface area contributed by atoms with Gasteiger partial charge in [-0.15, -0.1) is 10.2 Å². The number of carbonyl (C=O) groups is 2. The van der Waals surface area contributed by atoms with Crippen LogP contribution in [0, 0.1) is 11.3 Å². The van der Waals surface area contributed by atoms with Gasteiger partial charge in [-0.05, 0) is 55.5 Å². The number of ketones is 1. The van der Waals surface area contributed by atoms with Crippen molar-refractivity contribution in [2.75, 3.05) is 10.6 Å². The van der Waals surface area contributed by atoms with Crippen molar-refractivity contribution in [1.29, 1.82) is 5.26 Å². The van der Waals surface area contributed by atoms with Gasteiger partial charge in [0.1, 0.15) is 6.07 Å². The van der Waals surface area contributed by atoms with Crippen molar-refractivity contribution >= 4 is 28.9 Å². The van der Waals surface area contributed by atoms with Crippen LogP contribution in [0.15, 0.2) is 60.7 Å². The van der Waals surface area contributed by atoms with E-state index >= 15 is 0 Å². The topological polar surface area (TPSA) is 108 Å². The predicted octanol–water partition coefficient (Wildman–Crippen LogP) is 3.55. The van der Waals surface area contributed by atoms with E-state index in [0.29, 0.717) is 28.3 Å². The van der Waals surface area contributed by atoms with Crippen molar-refractivity contribution in [3.63, 3.8) is 0 Å². The largest absolute Gasteiger partial charge is 0.338 e. The van der Waals surface area contributed by atoms with Crippen LogP contribution in [-0.4, -0.2) is 21.9 Å². The molecule has 0 bridgehead atoms. The molecule has 7 heteroatoms. The first-order valence-corrected chi connectivity index (χ1v) is 8.09. The molecule has 1 amide bonds. The van der Waals surface area contributed by atoms with E-state index in [9.17, 15) is 9.59 Å². The molecule has 0 saturated heterocycles. The minimum Gasteiger partial charge on any atom is -0.338 e. The molecule has 27 heavy (non-hydrogen) atoms. The van der Waals surface area contributed by atoms with Gasteiger partial charge in [0.15, 0.2) is 17.3 Å². The molecule has 0 unspecified atom stereocenters. The van der Waals surface area contributed by atoms with Gasteiger partial charge in [-0.3, -0.25) is 9.59 Å². The number of nitrogens with zero attached hydrogens (tertiary/aromatic N) is 3. The first-order valence-electron chi connectivity index (χ1n) is 8.09. The Balaban J connectivity index is 1.68. The lowest BCUT2D eigenvalue weighted by molar-refractivity contribution is 0.101. The van der Waals surface area contributed by atoms with Gasteiger partial charge in [0.25, 0.3) is 5.91 Å². The minimum absolute atomic E-state index is 0.0418. The summed E-state index contributed by atoms with van der Waals surface area (Å²) in [6.45, 7) is 1.48. The Morgan fingerprint density at radius 3 is 2.33 bits per heavy atom. The number of anilines is 3. The number of hydrogen-bond donors (Lipinski definition) is 2. The highest BCUT2D eigenvalue weighted by Crippen LogP contribution is 2.18. The summed E-state index contributed by atoms with van der Waals surface area (Å²) in [5, 5.41) is 22.7. The molecule has 3 aromatic rings. The van der Waals surface area contributed by atoms with Crippen LogP contribution in [0.5, 0.6) is 0 Å². The van der Waals surface area contributed by atoms with Crippen LogP contribution >= 0.6 is 0 Å². The third-order valence-electron chi connectivity index (χ3n) is 3.76. The summed E-state index contributed by atoms with van der Waals surface area (Å²) in [6, 6.07) is 18.8. The molecule has 1 heterocycles. The van der Waals surface area contributed by atoms with Crippen LogP contribution in [0.4, 0.5) is 17.2 Å². The van der Waals surface area contributed by atoms with Crippen molar-refractivity contribution in [2.24, 2.45) is 0 Å². The molecule has 1 aromatic heterocycles. The van der Waals surface area contributed by atoms with Crippen molar-refractivity contribution in [3.05, 3.63) is 77.5 Å². The van der Waals surface area contributed by atoms with E-state index in [-0.39, 0.29) is 11.5 Å². The summed E-state index contributed by atoms with van der Waals surface area (Å²) in [5.41, 5.74) is 2.36. The quantitative estimate of drug-likeness (QED) is 0.676. The number of amides is 1. The van der Waals surface area contributed by atoms with Crippen molar-refractivity contribution in [2.45, 2.75) is 6.92 Å². The summed E-state index contributed by atoms with van der Waals surface area (Å²) in [4.78, 5) is 23.5. The summed E-state index contributed by atoms with van der Waals surface area (Å²) < 4.78 is 0. The fraction of sp³-hybridized carbons (Fsp3) is 0.0500. The Labute approximate surface area is 155 Å². The summed E-state index contributed by atoms with van der Waals surface area (Å²) in [6.07, 6.45) is 0. The SMILES string of the molecule is CC(=O)c1ccc(NC(=O)c2ccc(Nc3ccccc3C#N)nn2)cc1. The molecular weight excluding hydrogens is 342 g/mol. The zero-order valence-electron chi connectivity index (χ0n) is 14.4. The van der Waals surface area contributed by atoms with Crippen LogP contribution in [0.2, 0.25) is 0 Å². The van der Waals surface area contributed by atoms with Crippen molar-refractivity contribution in [3.8, 4) is 6.07 Å². The summed E-state index contributed by atoms with van der Waals surface area (Å²) >= 11 is 0. The van der Waals surface area contributed by atoms with E-state index in [1.807, 2.05) is 0 Å². The highest BCUT2D eigenvalue weighted by atomic mass is 16.2. The van der Waals surface area contributed by atoms with E-state index in [4.69, 9.17) is 5.26 Å².